The number of nitrogens with zero attached hydrogens (tertiary/aromatic N) is 1. The molecule has 0 heterocycles. The van der Waals surface area contributed by atoms with E-state index in [0.717, 1.165) is 31.7 Å². The van der Waals surface area contributed by atoms with Crippen LogP contribution in [0.15, 0.2) is 4.99 Å². The van der Waals surface area contributed by atoms with Crippen LogP contribution in [0.4, 0.5) is 0 Å². The Morgan fingerprint density at radius 2 is 1.92 bits per heavy atom. The zero-order chi connectivity index (χ0) is 10.3. The maximum Gasteiger partial charge on any atom is 0.0627 e. The molecule has 0 spiro atoms. The molecule has 0 atom stereocenters. The number of ether oxygens (including phenoxy) is 1. The molecular formula is C11H23NO. The Balaban J connectivity index is 3.57. The van der Waals surface area contributed by atoms with Gasteiger partial charge in [-0.15, -0.1) is 0 Å². The van der Waals surface area contributed by atoms with E-state index in [1.165, 1.54) is 0 Å². The number of hydrogen-bond acceptors (Lipinski definition) is 2. The number of rotatable bonds is 6. The van der Waals surface area contributed by atoms with E-state index in [4.69, 9.17) is 4.74 Å². The molecule has 0 unspecified atom stereocenters. The second kappa shape index (κ2) is 6.14. The molecule has 0 saturated carbocycles. The molecule has 0 radical (unpaired) electrons. The van der Waals surface area contributed by atoms with Gasteiger partial charge < -0.3 is 4.74 Å². The van der Waals surface area contributed by atoms with E-state index in [1.807, 2.05) is 20.8 Å². The van der Waals surface area contributed by atoms with Gasteiger partial charge in [0.1, 0.15) is 0 Å². The monoisotopic (exact) mass is 185 g/mol. The molecule has 0 saturated heterocycles. The first-order valence-corrected chi connectivity index (χ1v) is 5.09. The van der Waals surface area contributed by atoms with Crippen molar-refractivity contribution < 1.29 is 4.74 Å². The van der Waals surface area contributed by atoms with Gasteiger partial charge in [0.2, 0.25) is 0 Å². The van der Waals surface area contributed by atoms with E-state index < -0.39 is 0 Å². The van der Waals surface area contributed by atoms with E-state index in [-0.39, 0.29) is 5.60 Å². The molecule has 0 aromatic heterocycles. The summed E-state index contributed by atoms with van der Waals surface area (Å²) in [6, 6.07) is 0. The zero-order valence-corrected chi connectivity index (χ0v) is 9.68. The Bertz CT molecular complexity index is 157. The first-order chi connectivity index (χ1) is 5.98. The van der Waals surface area contributed by atoms with Crippen LogP contribution in [0.3, 0.4) is 0 Å². The molecule has 2 heteroatoms. The topological polar surface area (TPSA) is 21.6 Å². The van der Waals surface area contributed by atoms with E-state index >= 15 is 0 Å². The summed E-state index contributed by atoms with van der Waals surface area (Å²) < 4.78 is 5.59. The largest absolute Gasteiger partial charge is 0.376 e. The fourth-order valence-electron chi connectivity index (χ4n) is 1.27. The molecule has 0 aliphatic rings. The van der Waals surface area contributed by atoms with Gasteiger partial charge >= 0.3 is 0 Å². The van der Waals surface area contributed by atoms with Crippen molar-refractivity contribution in [3.05, 3.63) is 0 Å². The van der Waals surface area contributed by atoms with Crippen molar-refractivity contribution in [3.63, 3.8) is 0 Å². The fraction of sp³-hybridized carbons (Fsp3) is 0.909. The third-order valence-electron chi connectivity index (χ3n) is 1.90. The van der Waals surface area contributed by atoms with E-state index in [1.54, 1.807) is 0 Å². The van der Waals surface area contributed by atoms with E-state index in [0.29, 0.717) is 0 Å². The Kier molecular flexibility index (Phi) is 5.97. The highest BCUT2D eigenvalue weighted by molar-refractivity contribution is 5.78. The molecule has 0 aliphatic heterocycles. The third-order valence-corrected chi connectivity index (χ3v) is 1.90. The summed E-state index contributed by atoms with van der Waals surface area (Å²) in [5.74, 6) is 0. The second-order valence-electron chi connectivity index (χ2n) is 4.13. The van der Waals surface area contributed by atoms with Gasteiger partial charge in [0.15, 0.2) is 0 Å². The average Bonchev–Trinajstić information content (AvgIpc) is 1.98. The number of aliphatic imine (C=N–C) groups is 1. The van der Waals surface area contributed by atoms with Crippen molar-refractivity contribution in [1.29, 1.82) is 0 Å². The molecule has 0 fully saturated rings. The highest BCUT2D eigenvalue weighted by atomic mass is 16.5. The van der Waals surface area contributed by atoms with Crippen LogP contribution in [0, 0.1) is 0 Å². The van der Waals surface area contributed by atoms with Gasteiger partial charge in [-0.05, 0) is 47.5 Å². The molecule has 78 valence electrons. The predicted octanol–water partition coefficient (Wildman–Crippen LogP) is 3.06. The molecule has 0 N–H and O–H groups in total. The van der Waals surface area contributed by atoms with E-state index in [9.17, 15) is 0 Å². The maximum absolute atomic E-state index is 5.59. The third kappa shape index (κ3) is 7.97. The minimum absolute atomic E-state index is 0.0198. The summed E-state index contributed by atoms with van der Waals surface area (Å²) in [5.41, 5.74) is 1.18. The van der Waals surface area contributed by atoms with Crippen molar-refractivity contribution in [2.75, 3.05) is 13.2 Å². The van der Waals surface area contributed by atoms with Crippen molar-refractivity contribution in [1.82, 2.24) is 0 Å². The van der Waals surface area contributed by atoms with Gasteiger partial charge in [0.25, 0.3) is 0 Å². The van der Waals surface area contributed by atoms with Crippen LogP contribution in [0.25, 0.3) is 0 Å². The Morgan fingerprint density at radius 1 is 1.31 bits per heavy atom. The van der Waals surface area contributed by atoms with Gasteiger partial charge in [-0.3, -0.25) is 4.99 Å². The lowest BCUT2D eigenvalue weighted by molar-refractivity contribution is -0.0169. The Morgan fingerprint density at radius 3 is 2.38 bits per heavy atom. The molecule has 0 aromatic rings. The zero-order valence-electron chi connectivity index (χ0n) is 9.68. The highest BCUT2D eigenvalue weighted by Gasteiger charge is 2.16. The van der Waals surface area contributed by atoms with Crippen molar-refractivity contribution in [3.8, 4) is 0 Å². The molecule has 0 aromatic carbocycles. The van der Waals surface area contributed by atoms with Crippen LogP contribution in [0.5, 0.6) is 0 Å². The first kappa shape index (κ1) is 12.6. The van der Waals surface area contributed by atoms with Gasteiger partial charge in [0.05, 0.1) is 5.60 Å². The molecular weight excluding hydrogens is 162 g/mol. The van der Waals surface area contributed by atoms with Crippen molar-refractivity contribution in [2.24, 2.45) is 4.99 Å². The fourth-order valence-corrected chi connectivity index (χ4v) is 1.27. The quantitative estimate of drug-likeness (QED) is 0.460. The van der Waals surface area contributed by atoms with Crippen molar-refractivity contribution in [2.45, 2.75) is 53.1 Å². The van der Waals surface area contributed by atoms with Gasteiger partial charge in [-0.2, -0.15) is 0 Å². The predicted molar refractivity (Wildman–Crippen MR) is 58.6 cm³/mol. The van der Waals surface area contributed by atoms with Crippen LogP contribution in [-0.4, -0.2) is 24.5 Å². The Labute approximate surface area is 82.4 Å². The summed E-state index contributed by atoms with van der Waals surface area (Å²) in [4.78, 5) is 4.35. The van der Waals surface area contributed by atoms with Gasteiger partial charge in [0, 0.05) is 18.9 Å². The summed E-state index contributed by atoms with van der Waals surface area (Å²) in [5, 5.41) is 0. The van der Waals surface area contributed by atoms with Crippen LogP contribution in [-0.2, 0) is 4.74 Å². The minimum atomic E-state index is 0.0198. The van der Waals surface area contributed by atoms with Crippen LogP contribution >= 0.6 is 0 Å². The van der Waals surface area contributed by atoms with Gasteiger partial charge in [-0.25, -0.2) is 0 Å². The average molecular weight is 185 g/mol. The minimum Gasteiger partial charge on any atom is -0.376 e. The smallest absolute Gasteiger partial charge is 0.0627 e. The van der Waals surface area contributed by atoms with Gasteiger partial charge in [-0.1, -0.05) is 0 Å². The number of hydrogen-bond donors (Lipinski definition) is 0. The molecule has 0 bridgehead atoms. The maximum atomic E-state index is 5.59. The highest BCUT2D eigenvalue weighted by Crippen LogP contribution is 2.16. The van der Waals surface area contributed by atoms with Crippen molar-refractivity contribution >= 4 is 5.71 Å². The standard InChI is InChI=1S/C11H23NO/c1-6-13-11(4,5)8-7-9-12-10(2)3/h6-9H2,1-5H3. The summed E-state index contributed by atoms with van der Waals surface area (Å²) in [7, 11) is 0. The van der Waals surface area contributed by atoms with E-state index in [2.05, 4.69) is 18.8 Å². The molecule has 0 aliphatic carbocycles. The molecule has 2 nitrogen and oxygen atoms in total. The van der Waals surface area contributed by atoms with Crippen LogP contribution in [0.2, 0.25) is 0 Å². The lowest BCUT2D eigenvalue weighted by Gasteiger charge is -2.24. The normalized spacial score (nSPS) is 11.5. The van der Waals surface area contributed by atoms with Crippen LogP contribution < -0.4 is 0 Å². The molecule has 13 heavy (non-hydrogen) atoms. The molecule has 0 amide bonds. The lowest BCUT2D eigenvalue weighted by atomic mass is 10.0. The van der Waals surface area contributed by atoms with Crippen LogP contribution in [0.1, 0.15) is 47.5 Å². The first-order valence-electron chi connectivity index (χ1n) is 5.09. The SMILES string of the molecule is CCOC(C)(C)CCCN=C(C)C. The Hall–Kier alpha value is -0.370. The second-order valence-corrected chi connectivity index (χ2v) is 4.13. The summed E-state index contributed by atoms with van der Waals surface area (Å²) in [6.07, 6.45) is 2.19. The summed E-state index contributed by atoms with van der Waals surface area (Å²) >= 11 is 0. The molecule has 0 rings (SSSR count). The lowest BCUT2D eigenvalue weighted by Crippen LogP contribution is -2.24. The summed E-state index contributed by atoms with van der Waals surface area (Å²) in [6.45, 7) is 12.1.